The molecule has 0 unspecified atom stereocenters. The van der Waals surface area contributed by atoms with Gasteiger partial charge in [-0.05, 0) is 13.8 Å². The molecule has 0 aromatic carbocycles. The van der Waals surface area contributed by atoms with E-state index in [2.05, 4.69) is 0 Å². The average Bonchev–Trinajstić information content (AvgIpc) is 1.82. The van der Waals surface area contributed by atoms with E-state index in [-0.39, 0.29) is 12.5 Å². The van der Waals surface area contributed by atoms with Gasteiger partial charge >= 0.3 is 0 Å². The molecule has 0 atom stereocenters. The van der Waals surface area contributed by atoms with Gasteiger partial charge in [-0.15, -0.1) is 0 Å². The van der Waals surface area contributed by atoms with Gasteiger partial charge in [0.05, 0.1) is 12.1 Å². The number of nitrogens with two attached hydrogens (primary N) is 1. The minimum Gasteiger partial charge on any atom is -0.389 e. The smallest absolute Gasteiger partial charge is 0.236 e. The number of aliphatic hydroxyl groups is 1. The SMILES string of the molecule is CN(CC(C)(C)O)C(=O)CN. The van der Waals surface area contributed by atoms with Gasteiger partial charge < -0.3 is 15.7 Å². The Morgan fingerprint density at radius 2 is 2.09 bits per heavy atom. The number of likely N-dealkylation sites (N-methyl/N-ethyl adjacent to an activating group) is 1. The monoisotopic (exact) mass is 160 g/mol. The van der Waals surface area contributed by atoms with Crippen LogP contribution in [-0.2, 0) is 4.79 Å². The van der Waals surface area contributed by atoms with E-state index < -0.39 is 5.60 Å². The van der Waals surface area contributed by atoms with Crippen LogP contribution in [-0.4, -0.2) is 41.7 Å². The summed E-state index contributed by atoms with van der Waals surface area (Å²) in [6.07, 6.45) is 0. The minimum absolute atomic E-state index is 0.00736. The van der Waals surface area contributed by atoms with Crippen LogP contribution >= 0.6 is 0 Å². The molecule has 11 heavy (non-hydrogen) atoms. The molecule has 1 amide bonds. The third kappa shape index (κ3) is 4.75. The highest BCUT2D eigenvalue weighted by Crippen LogP contribution is 2.02. The third-order valence-electron chi connectivity index (χ3n) is 1.22. The number of carbonyl (C=O) groups is 1. The highest BCUT2D eigenvalue weighted by Gasteiger charge is 2.17. The van der Waals surface area contributed by atoms with Crippen LogP contribution in [0.2, 0.25) is 0 Å². The lowest BCUT2D eigenvalue weighted by Crippen LogP contribution is -2.42. The topological polar surface area (TPSA) is 66.6 Å². The van der Waals surface area contributed by atoms with Crippen LogP contribution in [0, 0.1) is 0 Å². The van der Waals surface area contributed by atoms with Crippen molar-refractivity contribution in [1.82, 2.24) is 4.90 Å². The lowest BCUT2D eigenvalue weighted by Gasteiger charge is -2.24. The van der Waals surface area contributed by atoms with Gasteiger partial charge in [0, 0.05) is 13.6 Å². The molecule has 0 heterocycles. The van der Waals surface area contributed by atoms with Gasteiger partial charge in [-0.1, -0.05) is 0 Å². The molecule has 0 aromatic rings. The van der Waals surface area contributed by atoms with Crippen molar-refractivity contribution >= 4 is 5.91 Å². The summed E-state index contributed by atoms with van der Waals surface area (Å²) in [5, 5.41) is 9.30. The van der Waals surface area contributed by atoms with Crippen molar-refractivity contribution < 1.29 is 9.90 Å². The molecule has 0 aliphatic rings. The Hall–Kier alpha value is -0.610. The second-order valence-electron chi connectivity index (χ2n) is 3.27. The molecular formula is C7H16N2O2. The fourth-order valence-electron chi connectivity index (χ4n) is 0.824. The predicted molar refractivity (Wildman–Crippen MR) is 43.0 cm³/mol. The fourth-order valence-corrected chi connectivity index (χ4v) is 0.824. The maximum absolute atomic E-state index is 10.9. The Bertz CT molecular complexity index is 140. The van der Waals surface area contributed by atoms with E-state index in [1.54, 1.807) is 20.9 Å². The van der Waals surface area contributed by atoms with Gasteiger partial charge in [0.15, 0.2) is 0 Å². The zero-order valence-corrected chi connectivity index (χ0v) is 7.29. The zero-order valence-electron chi connectivity index (χ0n) is 7.29. The molecule has 4 heteroatoms. The second kappa shape index (κ2) is 3.69. The summed E-state index contributed by atoms with van der Waals surface area (Å²) in [6.45, 7) is 3.59. The zero-order chi connectivity index (χ0) is 9.07. The van der Waals surface area contributed by atoms with E-state index in [9.17, 15) is 9.90 Å². The van der Waals surface area contributed by atoms with Gasteiger partial charge in [0.25, 0.3) is 0 Å². The van der Waals surface area contributed by atoms with Crippen molar-refractivity contribution in [2.24, 2.45) is 5.73 Å². The predicted octanol–water partition coefficient (Wildman–Crippen LogP) is -0.826. The molecule has 0 spiro atoms. The summed E-state index contributed by atoms with van der Waals surface area (Å²) in [6, 6.07) is 0. The van der Waals surface area contributed by atoms with E-state index in [4.69, 9.17) is 5.73 Å². The largest absolute Gasteiger partial charge is 0.389 e. The number of carbonyl (C=O) groups excluding carboxylic acids is 1. The van der Waals surface area contributed by atoms with Crippen molar-refractivity contribution in [3.05, 3.63) is 0 Å². The normalized spacial score (nSPS) is 11.4. The van der Waals surface area contributed by atoms with Gasteiger partial charge in [0.1, 0.15) is 0 Å². The Morgan fingerprint density at radius 1 is 1.64 bits per heavy atom. The van der Waals surface area contributed by atoms with Crippen LogP contribution in [0.5, 0.6) is 0 Å². The fraction of sp³-hybridized carbons (Fsp3) is 0.857. The van der Waals surface area contributed by atoms with Gasteiger partial charge in [0.2, 0.25) is 5.91 Å². The molecule has 4 nitrogen and oxygen atoms in total. The molecule has 0 aliphatic heterocycles. The molecule has 66 valence electrons. The van der Waals surface area contributed by atoms with Crippen LogP contribution < -0.4 is 5.73 Å². The first-order chi connectivity index (χ1) is 4.87. The molecule has 0 bridgehead atoms. The summed E-state index contributed by atoms with van der Waals surface area (Å²) in [7, 11) is 1.62. The van der Waals surface area contributed by atoms with Crippen LogP contribution in [0.1, 0.15) is 13.8 Å². The Morgan fingerprint density at radius 3 is 2.36 bits per heavy atom. The summed E-state index contributed by atoms with van der Waals surface area (Å²) >= 11 is 0. The highest BCUT2D eigenvalue weighted by molar-refractivity contribution is 5.77. The summed E-state index contributed by atoms with van der Waals surface area (Å²) in [5.41, 5.74) is 4.27. The van der Waals surface area contributed by atoms with Gasteiger partial charge in [-0.3, -0.25) is 4.79 Å². The molecule has 0 saturated carbocycles. The number of hydrogen-bond donors (Lipinski definition) is 2. The molecule has 0 aromatic heterocycles. The van der Waals surface area contributed by atoms with Crippen molar-refractivity contribution in [3.63, 3.8) is 0 Å². The maximum atomic E-state index is 10.9. The minimum atomic E-state index is -0.848. The summed E-state index contributed by atoms with van der Waals surface area (Å²) in [4.78, 5) is 12.3. The quantitative estimate of drug-likeness (QED) is 0.566. The second-order valence-corrected chi connectivity index (χ2v) is 3.27. The molecule has 0 aliphatic carbocycles. The number of amides is 1. The van der Waals surface area contributed by atoms with E-state index >= 15 is 0 Å². The molecule has 0 radical (unpaired) electrons. The Balaban J connectivity index is 3.87. The summed E-state index contributed by atoms with van der Waals surface area (Å²) in [5.74, 6) is -0.160. The van der Waals surface area contributed by atoms with Crippen LogP contribution in [0.25, 0.3) is 0 Å². The molecular weight excluding hydrogens is 144 g/mol. The molecule has 0 saturated heterocycles. The first-order valence-electron chi connectivity index (χ1n) is 3.53. The average molecular weight is 160 g/mol. The van der Waals surface area contributed by atoms with Gasteiger partial charge in [-0.25, -0.2) is 0 Å². The summed E-state index contributed by atoms with van der Waals surface area (Å²) < 4.78 is 0. The Labute approximate surface area is 67.0 Å². The van der Waals surface area contributed by atoms with E-state index in [0.29, 0.717) is 6.54 Å². The molecule has 0 rings (SSSR count). The first kappa shape index (κ1) is 10.4. The molecule has 3 N–H and O–H groups in total. The third-order valence-corrected chi connectivity index (χ3v) is 1.22. The van der Waals surface area contributed by atoms with Crippen molar-refractivity contribution in [2.45, 2.75) is 19.4 Å². The number of nitrogens with zero attached hydrogens (tertiary/aromatic N) is 1. The first-order valence-corrected chi connectivity index (χ1v) is 3.53. The van der Waals surface area contributed by atoms with Crippen molar-refractivity contribution in [1.29, 1.82) is 0 Å². The number of rotatable bonds is 3. The van der Waals surface area contributed by atoms with E-state index in [1.165, 1.54) is 4.90 Å². The van der Waals surface area contributed by atoms with Crippen molar-refractivity contribution in [2.75, 3.05) is 20.1 Å². The van der Waals surface area contributed by atoms with E-state index in [0.717, 1.165) is 0 Å². The Kier molecular flexibility index (Phi) is 3.48. The maximum Gasteiger partial charge on any atom is 0.236 e. The van der Waals surface area contributed by atoms with Gasteiger partial charge in [-0.2, -0.15) is 0 Å². The molecule has 0 fully saturated rings. The standard InChI is InChI=1S/C7H16N2O2/c1-7(2,11)5-9(3)6(10)4-8/h11H,4-5,8H2,1-3H3. The lowest BCUT2D eigenvalue weighted by molar-refractivity contribution is -0.131. The van der Waals surface area contributed by atoms with E-state index in [1.807, 2.05) is 0 Å². The lowest BCUT2D eigenvalue weighted by atomic mass is 10.1. The highest BCUT2D eigenvalue weighted by atomic mass is 16.3. The van der Waals surface area contributed by atoms with Crippen LogP contribution in [0.4, 0.5) is 0 Å². The van der Waals surface area contributed by atoms with Crippen LogP contribution in [0.15, 0.2) is 0 Å². The number of hydrogen-bond acceptors (Lipinski definition) is 3. The van der Waals surface area contributed by atoms with Crippen molar-refractivity contribution in [3.8, 4) is 0 Å². The van der Waals surface area contributed by atoms with Crippen LogP contribution in [0.3, 0.4) is 0 Å².